The van der Waals surface area contributed by atoms with E-state index in [1.807, 2.05) is 13.2 Å². The number of carbonyl (C=O) groups excluding carboxylic acids is 1. The Hall–Kier alpha value is -0.320. The molecule has 0 saturated carbocycles. The van der Waals surface area contributed by atoms with Gasteiger partial charge in [0.05, 0.1) is 5.56 Å². The largest absolute Gasteiger partial charge is 0.353 e. The van der Waals surface area contributed by atoms with E-state index in [4.69, 9.17) is 0 Å². The standard InChI is InChI=1S/C9H10INO/c1-11-5-6(10)9-7(11)3-2-4-8(9)12/h5H,2-4H2,1H3. The molecule has 0 bridgehead atoms. The molecule has 1 aliphatic carbocycles. The van der Waals surface area contributed by atoms with Crippen molar-refractivity contribution in [3.05, 3.63) is 21.0 Å². The summed E-state index contributed by atoms with van der Waals surface area (Å²) in [5.41, 5.74) is 2.19. The molecule has 1 aromatic rings. The first-order chi connectivity index (χ1) is 5.70. The molecule has 1 aliphatic rings. The monoisotopic (exact) mass is 275 g/mol. The smallest absolute Gasteiger partial charge is 0.165 e. The van der Waals surface area contributed by atoms with Crippen LogP contribution in [-0.4, -0.2) is 10.4 Å². The predicted molar refractivity (Wildman–Crippen MR) is 55.4 cm³/mol. The van der Waals surface area contributed by atoms with E-state index in [2.05, 4.69) is 27.2 Å². The summed E-state index contributed by atoms with van der Waals surface area (Å²) in [6.45, 7) is 0. The zero-order valence-electron chi connectivity index (χ0n) is 6.93. The minimum atomic E-state index is 0.321. The molecule has 2 rings (SSSR count). The number of aryl methyl sites for hydroxylation is 1. The Labute approximate surface area is 85.1 Å². The first kappa shape index (κ1) is 8.29. The molecule has 0 N–H and O–H groups in total. The highest BCUT2D eigenvalue weighted by atomic mass is 127. The van der Waals surface area contributed by atoms with Gasteiger partial charge in [-0.05, 0) is 35.4 Å². The van der Waals surface area contributed by atoms with E-state index >= 15 is 0 Å². The van der Waals surface area contributed by atoms with Crippen LogP contribution in [0.5, 0.6) is 0 Å². The summed E-state index contributed by atoms with van der Waals surface area (Å²) in [7, 11) is 2.01. The minimum absolute atomic E-state index is 0.321. The molecule has 0 spiro atoms. The Bertz CT molecular complexity index is 341. The third kappa shape index (κ3) is 1.11. The second-order valence-electron chi connectivity index (χ2n) is 3.19. The molecule has 0 aliphatic heterocycles. The minimum Gasteiger partial charge on any atom is -0.353 e. The number of carbonyl (C=O) groups is 1. The van der Waals surface area contributed by atoms with Crippen LogP contribution in [0.3, 0.4) is 0 Å². The van der Waals surface area contributed by atoms with Crippen molar-refractivity contribution >= 4 is 28.4 Å². The molecular formula is C9H10INO. The van der Waals surface area contributed by atoms with Crippen LogP contribution in [-0.2, 0) is 13.5 Å². The van der Waals surface area contributed by atoms with Crippen molar-refractivity contribution < 1.29 is 4.79 Å². The number of Topliss-reactive ketones (excluding diaryl/α,β-unsaturated/α-hetero) is 1. The first-order valence-electron chi connectivity index (χ1n) is 4.07. The Morgan fingerprint density at radius 1 is 1.50 bits per heavy atom. The van der Waals surface area contributed by atoms with Gasteiger partial charge in [-0.15, -0.1) is 0 Å². The normalized spacial score (nSPS) is 16.3. The summed E-state index contributed by atoms with van der Waals surface area (Å²) in [4.78, 5) is 11.5. The van der Waals surface area contributed by atoms with E-state index in [0.29, 0.717) is 5.78 Å². The van der Waals surface area contributed by atoms with E-state index in [-0.39, 0.29) is 0 Å². The van der Waals surface area contributed by atoms with E-state index in [1.54, 1.807) is 0 Å². The summed E-state index contributed by atoms with van der Waals surface area (Å²) < 4.78 is 3.18. The van der Waals surface area contributed by atoms with Crippen LogP contribution in [0.2, 0.25) is 0 Å². The molecule has 0 saturated heterocycles. The summed E-state index contributed by atoms with van der Waals surface area (Å²) in [6, 6.07) is 0. The van der Waals surface area contributed by atoms with Crippen molar-refractivity contribution in [2.45, 2.75) is 19.3 Å². The second kappa shape index (κ2) is 2.87. The molecule has 0 unspecified atom stereocenters. The summed E-state index contributed by atoms with van der Waals surface area (Å²) in [6.07, 6.45) is 4.84. The third-order valence-electron chi connectivity index (χ3n) is 2.36. The number of nitrogens with zero attached hydrogens (tertiary/aromatic N) is 1. The van der Waals surface area contributed by atoms with Crippen molar-refractivity contribution in [3.8, 4) is 0 Å². The molecule has 0 amide bonds. The maximum absolute atomic E-state index is 11.5. The predicted octanol–water partition coefficient (Wildman–Crippen LogP) is 2.15. The Morgan fingerprint density at radius 2 is 2.25 bits per heavy atom. The number of rotatable bonds is 0. The molecule has 0 radical (unpaired) electrons. The average molecular weight is 275 g/mol. The highest BCUT2D eigenvalue weighted by Crippen LogP contribution is 2.26. The van der Waals surface area contributed by atoms with Crippen LogP contribution in [0, 0.1) is 3.57 Å². The third-order valence-corrected chi connectivity index (χ3v) is 3.17. The second-order valence-corrected chi connectivity index (χ2v) is 4.35. The molecule has 1 aromatic heterocycles. The van der Waals surface area contributed by atoms with Gasteiger partial charge in [0.2, 0.25) is 0 Å². The van der Waals surface area contributed by atoms with Gasteiger partial charge in [0.25, 0.3) is 0 Å². The first-order valence-corrected chi connectivity index (χ1v) is 5.15. The van der Waals surface area contributed by atoms with Gasteiger partial charge in [-0.2, -0.15) is 0 Å². The van der Waals surface area contributed by atoms with Gasteiger partial charge >= 0.3 is 0 Å². The molecule has 0 aromatic carbocycles. The summed E-state index contributed by atoms with van der Waals surface area (Å²) in [5.74, 6) is 0.321. The fourth-order valence-corrected chi connectivity index (χ4v) is 2.79. The van der Waals surface area contributed by atoms with Crippen molar-refractivity contribution in [3.63, 3.8) is 0 Å². The SMILES string of the molecule is Cn1cc(I)c2c1CCCC2=O. The number of hydrogen-bond acceptors (Lipinski definition) is 1. The number of aromatic nitrogens is 1. The lowest BCUT2D eigenvalue weighted by molar-refractivity contribution is 0.0971. The van der Waals surface area contributed by atoms with E-state index in [1.165, 1.54) is 5.69 Å². The summed E-state index contributed by atoms with van der Waals surface area (Å²) >= 11 is 2.24. The summed E-state index contributed by atoms with van der Waals surface area (Å²) in [5, 5.41) is 0. The lowest BCUT2D eigenvalue weighted by Gasteiger charge is -2.11. The van der Waals surface area contributed by atoms with Crippen LogP contribution in [0.25, 0.3) is 0 Å². The maximum atomic E-state index is 11.5. The van der Waals surface area contributed by atoms with Gasteiger partial charge < -0.3 is 4.57 Å². The van der Waals surface area contributed by atoms with E-state index < -0.39 is 0 Å². The molecule has 12 heavy (non-hydrogen) atoms. The number of fused-ring (bicyclic) bond motifs is 1. The van der Waals surface area contributed by atoms with Gasteiger partial charge in [0.1, 0.15) is 0 Å². The Morgan fingerprint density at radius 3 is 2.92 bits per heavy atom. The van der Waals surface area contributed by atoms with E-state index in [9.17, 15) is 4.79 Å². The molecule has 3 heteroatoms. The van der Waals surface area contributed by atoms with Crippen LogP contribution < -0.4 is 0 Å². The topological polar surface area (TPSA) is 22.0 Å². The van der Waals surface area contributed by atoms with Crippen LogP contribution in [0.4, 0.5) is 0 Å². The van der Waals surface area contributed by atoms with Crippen molar-refractivity contribution in [1.29, 1.82) is 0 Å². The van der Waals surface area contributed by atoms with Gasteiger partial charge in [0.15, 0.2) is 5.78 Å². The zero-order valence-corrected chi connectivity index (χ0v) is 9.09. The Kier molecular flexibility index (Phi) is 1.98. The molecule has 64 valence electrons. The number of ketones is 1. The van der Waals surface area contributed by atoms with Crippen molar-refractivity contribution in [1.82, 2.24) is 4.57 Å². The number of hydrogen-bond donors (Lipinski definition) is 0. The molecular weight excluding hydrogens is 265 g/mol. The average Bonchev–Trinajstić information content (AvgIpc) is 2.29. The van der Waals surface area contributed by atoms with Crippen molar-refractivity contribution in [2.24, 2.45) is 7.05 Å². The lowest BCUT2D eigenvalue weighted by Crippen LogP contribution is -2.12. The van der Waals surface area contributed by atoms with Crippen LogP contribution in [0.15, 0.2) is 6.20 Å². The molecule has 1 heterocycles. The molecule has 2 nitrogen and oxygen atoms in total. The number of halogens is 1. The zero-order chi connectivity index (χ0) is 8.72. The van der Waals surface area contributed by atoms with Crippen LogP contribution >= 0.6 is 22.6 Å². The quantitative estimate of drug-likeness (QED) is 0.665. The van der Waals surface area contributed by atoms with Crippen LogP contribution in [0.1, 0.15) is 28.9 Å². The highest BCUT2D eigenvalue weighted by Gasteiger charge is 2.22. The molecule has 0 fully saturated rings. The Balaban J connectivity index is 2.62. The fourth-order valence-electron chi connectivity index (χ4n) is 1.76. The van der Waals surface area contributed by atoms with E-state index in [0.717, 1.165) is 28.4 Å². The highest BCUT2D eigenvalue weighted by molar-refractivity contribution is 14.1. The van der Waals surface area contributed by atoms with Gasteiger partial charge in [-0.1, -0.05) is 0 Å². The van der Waals surface area contributed by atoms with Gasteiger partial charge in [-0.25, -0.2) is 0 Å². The maximum Gasteiger partial charge on any atom is 0.165 e. The fraction of sp³-hybridized carbons (Fsp3) is 0.444. The van der Waals surface area contributed by atoms with Gasteiger partial charge in [-0.3, -0.25) is 4.79 Å². The van der Waals surface area contributed by atoms with Gasteiger partial charge in [0, 0.05) is 28.9 Å². The molecule has 0 atom stereocenters. The lowest BCUT2D eigenvalue weighted by atomic mass is 9.97. The van der Waals surface area contributed by atoms with Crippen molar-refractivity contribution in [2.75, 3.05) is 0 Å².